The van der Waals surface area contributed by atoms with Gasteiger partial charge in [-0.1, -0.05) is 29.8 Å². The third-order valence-corrected chi connectivity index (χ3v) is 5.00. The van der Waals surface area contributed by atoms with Crippen molar-refractivity contribution in [3.63, 3.8) is 0 Å². The number of carbonyl (C=O) groups is 1. The van der Waals surface area contributed by atoms with Crippen LogP contribution in [0.4, 0.5) is 0 Å². The fourth-order valence-corrected chi connectivity index (χ4v) is 3.54. The van der Waals surface area contributed by atoms with E-state index in [1.165, 1.54) is 29.5 Å². The number of halogens is 1. The highest BCUT2D eigenvalue weighted by molar-refractivity contribution is 7.13. The molecule has 4 aromatic rings. The number of carboxylic acids is 1. The summed E-state index contributed by atoms with van der Waals surface area (Å²) in [5.74, 6) is -0.639. The Kier molecular flexibility index (Phi) is 4.06. The summed E-state index contributed by atoms with van der Waals surface area (Å²) < 4.78 is 5.80. The molecule has 5 nitrogen and oxygen atoms in total. The lowest BCUT2D eigenvalue weighted by molar-refractivity contribution is 0.0697. The van der Waals surface area contributed by atoms with Gasteiger partial charge in [0, 0.05) is 17.0 Å². The van der Waals surface area contributed by atoms with E-state index in [0.717, 1.165) is 5.56 Å². The molecular formula is C19H10ClNO4S. The molecule has 1 N–H and O–H groups in total. The predicted molar refractivity (Wildman–Crippen MR) is 101 cm³/mol. The van der Waals surface area contributed by atoms with Gasteiger partial charge < -0.3 is 9.52 Å². The molecule has 0 spiro atoms. The molecule has 0 fully saturated rings. The maximum atomic E-state index is 12.3. The molecule has 0 aliphatic rings. The maximum Gasteiger partial charge on any atom is 0.335 e. The first-order chi connectivity index (χ1) is 12.5. The highest BCUT2D eigenvalue weighted by Gasteiger charge is 2.13. The summed E-state index contributed by atoms with van der Waals surface area (Å²) >= 11 is 7.46. The monoisotopic (exact) mass is 383 g/mol. The van der Waals surface area contributed by atoms with Crippen LogP contribution >= 0.6 is 22.9 Å². The Bertz CT molecular complexity index is 1190. The molecule has 0 aliphatic carbocycles. The topological polar surface area (TPSA) is 80.4 Å². The fraction of sp³-hybridized carbons (Fsp3) is 0. The lowest BCUT2D eigenvalue weighted by atomic mass is 10.1. The van der Waals surface area contributed by atoms with Crippen LogP contribution < -0.4 is 5.43 Å². The molecule has 0 radical (unpaired) electrons. The molecule has 0 saturated carbocycles. The van der Waals surface area contributed by atoms with Gasteiger partial charge in [0.05, 0.1) is 21.7 Å². The van der Waals surface area contributed by atoms with Crippen molar-refractivity contribution in [2.45, 2.75) is 0 Å². The lowest BCUT2D eigenvalue weighted by Crippen LogP contribution is -2.00. The van der Waals surface area contributed by atoms with Crippen molar-refractivity contribution in [3.8, 4) is 22.0 Å². The van der Waals surface area contributed by atoms with E-state index in [4.69, 9.17) is 21.1 Å². The average molecular weight is 384 g/mol. The van der Waals surface area contributed by atoms with Crippen LogP contribution in [0.1, 0.15) is 10.4 Å². The summed E-state index contributed by atoms with van der Waals surface area (Å²) in [7, 11) is 0. The van der Waals surface area contributed by atoms with Gasteiger partial charge in [-0.05, 0) is 24.3 Å². The highest BCUT2D eigenvalue weighted by atomic mass is 35.5. The van der Waals surface area contributed by atoms with Crippen molar-refractivity contribution in [3.05, 3.63) is 74.7 Å². The molecule has 0 bridgehead atoms. The first-order valence-corrected chi connectivity index (χ1v) is 8.81. The summed E-state index contributed by atoms with van der Waals surface area (Å²) in [5, 5.41) is 12.1. The largest absolute Gasteiger partial charge is 0.478 e. The first-order valence-electron chi connectivity index (χ1n) is 7.55. The summed E-state index contributed by atoms with van der Waals surface area (Å²) in [6.45, 7) is 0. The smallest absolute Gasteiger partial charge is 0.335 e. The van der Waals surface area contributed by atoms with E-state index in [1.807, 2.05) is 5.38 Å². The van der Waals surface area contributed by atoms with Crippen LogP contribution in [0.5, 0.6) is 0 Å². The Hall–Kier alpha value is -2.96. The minimum Gasteiger partial charge on any atom is -0.478 e. The van der Waals surface area contributed by atoms with Crippen molar-refractivity contribution in [1.82, 2.24) is 4.98 Å². The lowest BCUT2D eigenvalue weighted by Gasteiger charge is -2.02. The number of benzene rings is 2. The van der Waals surface area contributed by atoms with Gasteiger partial charge in [-0.15, -0.1) is 11.3 Å². The number of fused-ring (bicyclic) bond motifs is 1. The molecule has 128 valence electrons. The molecular weight excluding hydrogens is 374 g/mol. The minimum atomic E-state index is -0.981. The number of hydrogen-bond acceptors (Lipinski definition) is 5. The second-order valence-corrected chi connectivity index (χ2v) is 6.78. The standard InChI is InChI=1S/C19H10ClNO4S/c20-13-3-1-2-12-15(22)8-16(25-17(12)13)18-21-14(9-26-18)10-4-6-11(7-5-10)19(23)24/h1-9H,(H,23,24). The van der Waals surface area contributed by atoms with Gasteiger partial charge in [-0.3, -0.25) is 4.79 Å². The number of rotatable bonds is 3. The number of aromatic nitrogens is 1. The first kappa shape index (κ1) is 16.5. The van der Waals surface area contributed by atoms with Crippen LogP contribution in [-0.4, -0.2) is 16.1 Å². The average Bonchev–Trinajstić information content (AvgIpc) is 3.13. The van der Waals surface area contributed by atoms with E-state index >= 15 is 0 Å². The zero-order valence-electron chi connectivity index (χ0n) is 13.1. The van der Waals surface area contributed by atoms with Gasteiger partial charge in [0.1, 0.15) is 0 Å². The molecule has 2 heterocycles. The van der Waals surface area contributed by atoms with Gasteiger partial charge >= 0.3 is 5.97 Å². The van der Waals surface area contributed by atoms with Gasteiger partial charge in [-0.25, -0.2) is 9.78 Å². The molecule has 0 atom stereocenters. The highest BCUT2D eigenvalue weighted by Crippen LogP contribution is 2.31. The van der Waals surface area contributed by atoms with E-state index in [9.17, 15) is 9.59 Å². The number of aromatic carboxylic acids is 1. The van der Waals surface area contributed by atoms with Gasteiger partial charge in [0.15, 0.2) is 21.8 Å². The Labute approximate surface area is 156 Å². The summed E-state index contributed by atoms with van der Waals surface area (Å²) in [5.41, 5.74) is 1.80. The number of thiazole rings is 1. The molecule has 2 aromatic carbocycles. The second kappa shape index (κ2) is 6.40. The van der Waals surface area contributed by atoms with Gasteiger partial charge in [-0.2, -0.15) is 0 Å². The molecule has 0 saturated heterocycles. The zero-order valence-corrected chi connectivity index (χ0v) is 14.7. The van der Waals surface area contributed by atoms with Crippen LogP contribution in [0.2, 0.25) is 5.02 Å². The molecule has 4 rings (SSSR count). The number of carboxylic acid groups (broad SMARTS) is 1. The second-order valence-electron chi connectivity index (χ2n) is 5.51. The Morgan fingerprint density at radius 1 is 1.15 bits per heavy atom. The summed E-state index contributed by atoms with van der Waals surface area (Å²) in [4.78, 5) is 27.7. The molecule has 2 aromatic heterocycles. The molecule has 0 unspecified atom stereocenters. The van der Waals surface area contributed by atoms with Crippen molar-refractivity contribution in [2.75, 3.05) is 0 Å². The van der Waals surface area contributed by atoms with Gasteiger partial charge in [0.2, 0.25) is 0 Å². The van der Waals surface area contributed by atoms with Crippen LogP contribution in [0.15, 0.2) is 63.1 Å². The van der Waals surface area contributed by atoms with E-state index in [1.54, 1.807) is 30.3 Å². The number of para-hydroxylation sites is 1. The van der Waals surface area contributed by atoms with Crippen LogP contribution in [0.3, 0.4) is 0 Å². The van der Waals surface area contributed by atoms with Crippen molar-refractivity contribution in [1.29, 1.82) is 0 Å². The summed E-state index contributed by atoms with van der Waals surface area (Å²) in [6, 6.07) is 12.8. The van der Waals surface area contributed by atoms with Crippen LogP contribution in [0, 0.1) is 0 Å². The van der Waals surface area contributed by atoms with Gasteiger partial charge in [0.25, 0.3) is 0 Å². The molecule has 26 heavy (non-hydrogen) atoms. The van der Waals surface area contributed by atoms with E-state index in [-0.39, 0.29) is 11.0 Å². The Morgan fingerprint density at radius 3 is 2.65 bits per heavy atom. The minimum absolute atomic E-state index is 0.189. The van der Waals surface area contributed by atoms with Crippen LogP contribution in [0.25, 0.3) is 33.0 Å². The third-order valence-electron chi connectivity index (χ3n) is 3.85. The van der Waals surface area contributed by atoms with Crippen LogP contribution in [-0.2, 0) is 0 Å². The Balaban J connectivity index is 1.76. The molecule has 0 amide bonds. The normalized spacial score (nSPS) is 11.0. The molecule has 7 heteroatoms. The summed E-state index contributed by atoms with van der Waals surface area (Å²) in [6.07, 6.45) is 0. The SMILES string of the molecule is O=C(O)c1ccc(-c2csc(-c3cc(=O)c4cccc(Cl)c4o3)n2)cc1. The van der Waals surface area contributed by atoms with E-state index in [0.29, 0.717) is 32.5 Å². The number of nitrogens with zero attached hydrogens (tertiary/aromatic N) is 1. The molecule has 0 aliphatic heterocycles. The van der Waals surface area contributed by atoms with Crippen molar-refractivity contribution in [2.24, 2.45) is 0 Å². The van der Waals surface area contributed by atoms with E-state index in [2.05, 4.69) is 4.98 Å². The quantitative estimate of drug-likeness (QED) is 0.542. The van der Waals surface area contributed by atoms with E-state index < -0.39 is 5.97 Å². The zero-order chi connectivity index (χ0) is 18.3. The third kappa shape index (κ3) is 2.89. The predicted octanol–water partition coefficient (Wildman–Crippen LogP) is 4.94. The maximum absolute atomic E-state index is 12.3. The fourth-order valence-electron chi connectivity index (χ4n) is 2.55. The van der Waals surface area contributed by atoms with Crippen molar-refractivity contribution < 1.29 is 14.3 Å². The Morgan fingerprint density at radius 2 is 1.92 bits per heavy atom. The number of hydrogen-bond donors (Lipinski definition) is 1. The van der Waals surface area contributed by atoms with Crippen molar-refractivity contribution >= 4 is 39.9 Å².